The van der Waals surface area contributed by atoms with Gasteiger partial charge in [0, 0.05) is 19.8 Å². The molecule has 17 heavy (non-hydrogen) atoms. The highest BCUT2D eigenvalue weighted by Gasteiger charge is 2.19. The molecule has 0 saturated heterocycles. The molecule has 3 nitrogen and oxygen atoms in total. The Labute approximate surface area is 102 Å². The van der Waals surface area contributed by atoms with Gasteiger partial charge in [0.2, 0.25) is 0 Å². The second kappa shape index (κ2) is 6.69. The molecule has 3 N–H and O–H groups in total. The van der Waals surface area contributed by atoms with Gasteiger partial charge in [-0.15, -0.1) is 0 Å². The quantitative estimate of drug-likeness (QED) is 0.592. The summed E-state index contributed by atoms with van der Waals surface area (Å²) in [6.07, 6.45) is 0.876. The third-order valence-electron chi connectivity index (χ3n) is 3.10. The first-order valence-electron chi connectivity index (χ1n) is 5.81. The third kappa shape index (κ3) is 3.77. The Morgan fingerprint density at radius 1 is 1.47 bits per heavy atom. The second-order valence-electron chi connectivity index (χ2n) is 4.40. The zero-order valence-electron chi connectivity index (χ0n) is 10.7. The van der Waals surface area contributed by atoms with Gasteiger partial charge < -0.3 is 4.74 Å². The maximum Gasteiger partial charge on any atom is 0.123 e. The van der Waals surface area contributed by atoms with Crippen molar-refractivity contribution < 1.29 is 9.13 Å². The van der Waals surface area contributed by atoms with Crippen LogP contribution in [0.5, 0.6) is 0 Å². The van der Waals surface area contributed by atoms with Gasteiger partial charge in [-0.05, 0) is 42.5 Å². The van der Waals surface area contributed by atoms with Gasteiger partial charge in [-0.25, -0.2) is 4.39 Å². The largest absolute Gasteiger partial charge is 0.385 e. The fraction of sp³-hybridized carbons (Fsp3) is 0.538. The summed E-state index contributed by atoms with van der Waals surface area (Å²) in [6.45, 7) is 4.71. The lowest BCUT2D eigenvalue weighted by Gasteiger charge is -2.25. The van der Waals surface area contributed by atoms with Crippen LogP contribution in [-0.4, -0.2) is 13.7 Å². The Morgan fingerprint density at radius 3 is 2.76 bits per heavy atom. The standard InChI is InChI=1S/C13H21FN2O/c1-9-4-5-11(14)8-12(9)13(16-15)10(2)6-7-17-3/h4-5,8,10,13,16H,6-7,15H2,1-3H3. The van der Waals surface area contributed by atoms with Gasteiger partial charge >= 0.3 is 0 Å². The van der Waals surface area contributed by atoms with Crippen LogP contribution >= 0.6 is 0 Å². The molecule has 2 unspecified atom stereocenters. The summed E-state index contributed by atoms with van der Waals surface area (Å²) in [6, 6.07) is 4.73. The van der Waals surface area contributed by atoms with E-state index in [0.29, 0.717) is 6.61 Å². The first-order chi connectivity index (χ1) is 8.10. The van der Waals surface area contributed by atoms with Crippen LogP contribution in [0.2, 0.25) is 0 Å². The molecule has 0 saturated carbocycles. The number of nitrogens with one attached hydrogen (secondary N) is 1. The van der Waals surface area contributed by atoms with Crippen molar-refractivity contribution in [3.8, 4) is 0 Å². The molecule has 0 aromatic heterocycles. The highest BCUT2D eigenvalue weighted by Crippen LogP contribution is 2.27. The number of hydrogen-bond acceptors (Lipinski definition) is 3. The molecule has 1 rings (SSSR count). The maximum atomic E-state index is 13.3. The molecular formula is C13H21FN2O. The lowest BCUT2D eigenvalue weighted by molar-refractivity contribution is 0.170. The molecule has 4 heteroatoms. The lowest BCUT2D eigenvalue weighted by Crippen LogP contribution is -2.33. The summed E-state index contributed by atoms with van der Waals surface area (Å²) < 4.78 is 18.3. The van der Waals surface area contributed by atoms with Crippen LogP contribution in [-0.2, 0) is 4.74 Å². The average molecular weight is 240 g/mol. The number of hydrazine groups is 1. The van der Waals surface area contributed by atoms with E-state index in [-0.39, 0.29) is 17.8 Å². The molecule has 0 aliphatic rings. The van der Waals surface area contributed by atoms with Gasteiger partial charge in [0.1, 0.15) is 5.82 Å². The van der Waals surface area contributed by atoms with Gasteiger partial charge in [0.25, 0.3) is 0 Å². The van der Waals surface area contributed by atoms with Crippen LogP contribution in [0.3, 0.4) is 0 Å². The van der Waals surface area contributed by atoms with E-state index in [1.54, 1.807) is 19.2 Å². The van der Waals surface area contributed by atoms with E-state index in [1.165, 1.54) is 6.07 Å². The Morgan fingerprint density at radius 2 is 2.18 bits per heavy atom. The van der Waals surface area contributed by atoms with E-state index >= 15 is 0 Å². The number of rotatable bonds is 6. The molecule has 1 aromatic rings. The van der Waals surface area contributed by atoms with E-state index < -0.39 is 0 Å². The van der Waals surface area contributed by atoms with E-state index in [2.05, 4.69) is 12.3 Å². The van der Waals surface area contributed by atoms with Gasteiger partial charge in [0.05, 0.1) is 0 Å². The normalized spacial score (nSPS) is 14.6. The fourth-order valence-electron chi connectivity index (χ4n) is 1.98. The van der Waals surface area contributed by atoms with Crippen molar-refractivity contribution in [2.75, 3.05) is 13.7 Å². The van der Waals surface area contributed by atoms with Crippen molar-refractivity contribution in [3.05, 3.63) is 35.1 Å². The van der Waals surface area contributed by atoms with Crippen LogP contribution in [0.15, 0.2) is 18.2 Å². The van der Waals surface area contributed by atoms with Crippen molar-refractivity contribution in [2.45, 2.75) is 26.3 Å². The molecule has 0 spiro atoms. The minimum absolute atomic E-state index is 0.0548. The Hall–Kier alpha value is -0.970. The van der Waals surface area contributed by atoms with Crippen molar-refractivity contribution in [1.82, 2.24) is 5.43 Å². The molecule has 0 aliphatic heterocycles. The van der Waals surface area contributed by atoms with Crippen LogP contribution in [0.4, 0.5) is 4.39 Å². The smallest absolute Gasteiger partial charge is 0.123 e. The Balaban J connectivity index is 2.88. The van der Waals surface area contributed by atoms with E-state index in [4.69, 9.17) is 10.6 Å². The average Bonchev–Trinajstić information content (AvgIpc) is 2.32. The lowest BCUT2D eigenvalue weighted by atomic mass is 9.90. The maximum absolute atomic E-state index is 13.3. The van der Waals surface area contributed by atoms with Gasteiger partial charge in [0.15, 0.2) is 0 Å². The minimum Gasteiger partial charge on any atom is -0.385 e. The van der Waals surface area contributed by atoms with Gasteiger partial charge in [-0.1, -0.05) is 13.0 Å². The Bertz CT molecular complexity index is 357. The summed E-state index contributed by atoms with van der Waals surface area (Å²) in [5.74, 6) is 5.63. The summed E-state index contributed by atoms with van der Waals surface area (Å²) in [5, 5.41) is 0. The molecule has 0 fully saturated rings. The fourth-order valence-corrected chi connectivity index (χ4v) is 1.98. The number of aryl methyl sites for hydroxylation is 1. The van der Waals surface area contributed by atoms with Crippen LogP contribution in [0, 0.1) is 18.7 Å². The van der Waals surface area contributed by atoms with E-state index in [0.717, 1.165) is 17.5 Å². The molecule has 0 heterocycles. The minimum atomic E-state index is -0.232. The highest BCUT2D eigenvalue weighted by molar-refractivity contribution is 5.29. The predicted molar refractivity (Wildman–Crippen MR) is 66.9 cm³/mol. The summed E-state index contributed by atoms with van der Waals surface area (Å²) in [4.78, 5) is 0. The van der Waals surface area contributed by atoms with Crippen LogP contribution < -0.4 is 11.3 Å². The van der Waals surface area contributed by atoms with Gasteiger partial charge in [-0.2, -0.15) is 0 Å². The van der Waals surface area contributed by atoms with E-state index in [1.807, 2.05) is 6.92 Å². The number of ether oxygens (including phenoxy) is 1. The molecular weight excluding hydrogens is 219 g/mol. The number of hydrogen-bond donors (Lipinski definition) is 2. The molecule has 0 aliphatic carbocycles. The van der Waals surface area contributed by atoms with Crippen LogP contribution in [0.25, 0.3) is 0 Å². The number of benzene rings is 1. The predicted octanol–water partition coefficient (Wildman–Crippen LogP) is 2.31. The summed E-state index contributed by atoms with van der Waals surface area (Å²) in [7, 11) is 1.67. The van der Waals surface area contributed by atoms with Gasteiger partial charge in [-0.3, -0.25) is 11.3 Å². The monoisotopic (exact) mass is 240 g/mol. The number of nitrogens with two attached hydrogens (primary N) is 1. The Kier molecular flexibility index (Phi) is 5.55. The van der Waals surface area contributed by atoms with E-state index in [9.17, 15) is 4.39 Å². The van der Waals surface area contributed by atoms with Crippen molar-refractivity contribution in [3.63, 3.8) is 0 Å². The molecule has 0 bridgehead atoms. The number of methoxy groups -OCH3 is 1. The number of halogens is 1. The highest BCUT2D eigenvalue weighted by atomic mass is 19.1. The second-order valence-corrected chi connectivity index (χ2v) is 4.40. The summed E-state index contributed by atoms with van der Waals surface area (Å²) in [5.41, 5.74) is 4.73. The van der Waals surface area contributed by atoms with Crippen molar-refractivity contribution in [1.29, 1.82) is 0 Å². The molecule has 0 amide bonds. The van der Waals surface area contributed by atoms with Crippen molar-refractivity contribution in [2.24, 2.45) is 11.8 Å². The third-order valence-corrected chi connectivity index (χ3v) is 3.10. The first-order valence-corrected chi connectivity index (χ1v) is 5.81. The first kappa shape index (κ1) is 14.1. The zero-order valence-corrected chi connectivity index (χ0v) is 10.7. The van der Waals surface area contributed by atoms with Crippen LogP contribution in [0.1, 0.15) is 30.5 Å². The molecule has 96 valence electrons. The molecule has 0 radical (unpaired) electrons. The van der Waals surface area contributed by atoms with Crippen molar-refractivity contribution >= 4 is 0 Å². The molecule has 1 aromatic carbocycles. The SMILES string of the molecule is COCCC(C)C(NN)c1cc(F)ccc1C. The molecule has 2 atom stereocenters. The zero-order chi connectivity index (χ0) is 12.8. The topological polar surface area (TPSA) is 47.3 Å². The summed E-state index contributed by atoms with van der Waals surface area (Å²) >= 11 is 0.